The quantitative estimate of drug-likeness (QED) is 0.0877. The van der Waals surface area contributed by atoms with Crippen LogP contribution in [0, 0.1) is 0 Å². The molecule has 0 aliphatic carbocycles. The molecule has 1 aromatic rings. The monoisotopic (exact) mass is 1580 g/mol. The number of esters is 2. The minimum Gasteiger partial charge on any atom is -0.465 e. The van der Waals surface area contributed by atoms with Crippen molar-refractivity contribution in [2.45, 2.75) is 215 Å². The summed E-state index contributed by atoms with van der Waals surface area (Å²) >= 11 is 0. The van der Waals surface area contributed by atoms with Gasteiger partial charge in [0.05, 0.1) is 57.9 Å². The Balaban J connectivity index is 1.16. The van der Waals surface area contributed by atoms with Crippen molar-refractivity contribution < 1.29 is 180 Å². The van der Waals surface area contributed by atoms with Crippen molar-refractivity contribution in [1.82, 2.24) is 0 Å². The standard InChI is InChI=1S/C71H116O38/c1-74-26-35-42-49(80-7)57(88-15)66(97-35)105-44-37(28-76-3)99-68(59(90-17)51(44)82-9)107-46-39(30-78-5)101-70(61(92-19)53(46)84-11)109-48-41(32-95-64(73)34-24-22-23-33(25-34)63(72)94-21)102-71(62(93-20)55(48)86-13)108-47-40(31-79-6)100-69(60(91-18)54(47)85-12)106-45-38(29-77-4)98-67(58(89-16)52(45)83-10)104-43-36(27-75-2)96-65(103-42)56(87-14)50(43)81-8/h22-25,35-62,65-71H,26-32H2,1-21H3/t35-,36-,37-,38-,39-,40-,41-,42-,43-,44-,45-,46-,47-,48-,49+,50+,51+,52+,53+,54+,55+,56-,57-,58-,59-,60-,61-,62-,65-,66-,67-,68-,69-,70-,71-/m1/s1. The first-order valence-corrected chi connectivity index (χ1v) is 35.8. The first kappa shape index (κ1) is 89.7. The number of carbonyl (C=O) groups is 2. The van der Waals surface area contributed by atoms with Gasteiger partial charge in [0.15, 0.2) is 44.0 Å². The molecule has 0 radical (unpaired) electrons. The Kier molecular flexibility index (Phi) is 35.9. The summed E-state index contributed by atoms with van der Waals surface area (Å²) in [7, 11) is 30.7. The van der Waals surface area contributed by atoms with Crippen LogP contribution in [0.25, 0.3) is 0 Å². The molecule has 0 N–H and O–H groups in total. The molecule has 38 heteroatoms. The van der Waals surface area contributed by atoms with Crippen molar-refractivity contribution in [2.24, 2.45) is 0 Å². The fourth-order valence-electron chi connectivity index (χ4n) is 15.8. The van der Waals surface area contributed by atoms with E-state index < -0.39 is 233 Å². The van der Waals surface area contributed by atoms with E-state index in [1.807, 2.05) is 0 Å². The van der Waals surface area contributed by atoms with Crippen LogP contribution < -0.4 is 0 Å². The van der Waals surface area contributed by atoms with Gasteiger partial charge in [-0.1, -0.05) is 6.07 Å². The second-order valence-electron chi connectivity index (χ2n) is 26.7. The molecule has 21 saturated heterocycles. The van der Waals surface area contributed by atoms with Crippen LogP contribution in [0.15, 0.2) is 24.3 Å². The van der Waals surface area contributed by atoms with Gasteiger partial charge >= 0.3 is 11.9 Å². The average Bonchev–Trinajstić information content (AvgIpc) is 0.778. The van der Waals surface area contributed by atoms with E-state index in [-0.39, 0.29) is 50.8 Å². The number of ether oxygens (including phenoxy) is 36. The lowest BCUT2D eigenvalue weighted by atomic mass is 9.94. The molecule has 0 spiro atoms. The lowest BCUT2D eigenvalue weighted by molar-refractivity contribution is -0.402. The van der Waals surface area contributed by atoms with Gasteiger partial charge in [0.25, 0.3) is 0 Å². The highest BCUT2D eigenvalue weighted by Crippen LogP contribution is 2.43. The van der Waals surface area contributed by atoms with E-state index in [0.717, 1.165) is 0 Å². The van der Waals surface area contributed by atoms with Crippen molar-refractivity contribution in [1.29, 1.82) is 0 Å². The third-order valence-electron chi connectivity index (χ3n) is 20.9. The van der Waals surface area contributed by atoms with Crippen LogP contribution in [0.4, 0.5) is 0 Å². The zero-order valence-electron chi connectivity index (χ0n) is 66.0. The molecule has 0 saturated carbocycles. The highest BCUT2D eigenvalue weighted by molar-refractivity contribution is 5.95. The lowest BCUT2D eigenvalue weighted by Gasteiger charge is -2.52. The predicted molar refractivity (Wildman–Crippen MR) is 365 cm³/mol. The van der Waals surface area contributed by atoms with Crippen molar-refractivity contribution in [2.75, 3.05) is 196 Å². The van der Waals surface area contributed by atoms with E-state index in [0.29, 0.717) is 0 Å². The minimum atomic E-state index is -1.44. The molecule has 0 unspecified atom stereocenters. The number of carbonyl (C=O) groups excluding carboxylic acids is 2. The number of methoxy groups -OCH3 is 21. The topological polar surface area (TPSA) is 366 Å². The maximum absolute atomic E-state index is 14.3. The van der Waals surface area contributed by atoms with Gasteiger partial charge in [-0.05, 0) is 18.2 Å². The molecular formula is C71H116O38. The molecule has 22 rings (SSSR count). The molecule has 0 aromatic heterocycles. The average molecular weight is 1580 g/mol. The molecule has 21 heterocycles. The fraction of sp³-hybridized carbons (Fsp3) is 0.887. The van der Waals surface area contributed by atoms with E-state index in [1.165, 1.54) is 174 Å². The SMILES string of the molecule is COC[C@H]1O[C@@H]2O[C@H]3[C@H](OC)[C@@H](OC)[C@@H](O[C@H]4[C@H](OC)[C@@H](OC)[C@@H](O[C@H]5[C@H](OC)[C@@H](OC)[C@@H](O[C@H]6[C@H](OC)[C@@H](OC)[C@@H](O[C@H]7[C@H](OC)[C@@H](OC)[C@@H](O[C@H]8[C@H](OC)[C@@H](OC)[C@@H](O[C@H]1[C@H](OC)[C@H]2OC)O[C@@H]8COC)O[C@@H]7COC)O[C@@H]6COC)O[C@@H]5COC(=O)c1cccc(C(=O)OC)c1)O[C@@H]4COC)O[C@@H]3COC. The number of hydrogen-bond donors (Lipinski definition) is 0. The Morgan fingerprint density at radius 1 is 0.239 bits per heavy atom. The second-order valence-corrected chi connectivity index (χ2v) is 26.7. The second kappa shape index (κ2) is 43.7. The van der Waals surface area contributed by atoms with Crippen LogP contribution in [0.1, 0.15) is 20.7 Å². The summed E-state index contributed by atoms with van der Waals surface area (Å²) in [6.45, 7) is -1.12. The van der Waals surface area contributed by atoms with Gasteiger partial charge in [-0.15, -0.1) is 0 Å². The lowest BCUT2D eigenvalue weighted by Crippen LogP contribution is -2.69. The molecule has 21 aliphatic heterocycles. The van der Waals surface area contributed by atoms with Crippen molar-refractivity contribution >= 4 is 11.9 Å². The van der Waals surface area contributed by atoms with Crippen molar-refractivity contribution in [3.05, 3.63) is 35.4 Å². The molecule has 109 heavy (non-hydrogen) atoms. The van der Waals surface area contributed by atoms with Gasteiger partial charge in [0, 0.05) is 142 Å². The first-order valence-electron chi connectivity index (χ1n) is 35.8. The Morgan fingerprint density at radius 2 is 0.413 bits per heavy atom. The molecule has 628 valence electrons. The molecular weight excluding hydrogens is 1460 g/mol. The van der Waals surface area contributed by atoms with Gasteiger partial charge in [-0.3, -0.25) is 0 Å². The Hall–Kier alpha value is -3.20. The minimum absolute atomic E-state index is 0.00937. The number of benzene rings is 1. The Bertz CT molecular complexity index is 2790. The highest BCUT2D eigenvalue weighted by Gasteiger charge is 2.62. The van der Waals surface area contributed by atoms with Gasteiger partial charge in [-0.2, -0.15) is 0 Å². The summed E-state index contributed by atoms with van der Waals surface area (Å²) in [5.74, 6) is -1.53. The van der Waals surface area contributed by atoms with Crippen molar-refractivity contribution in [3.63, 3.8) is 0 Å². The summed E-state index contributed by atoms with van der Waals surface area (Å²) < 4.78 is 232. The van der Waals surface area contributed by atoms with Crippen molar-refractivity contribution in [3.8, 4) is 0 Å². The highest BCUT2D eigenvalue weighted by atomic mass is 16.8. The Morgan fingerprint density at radius 3 is 0.578 bits per heavy atom. The van der Waals surface area contributed by atoms with Crippen LogP contribution >= 0.6 is 0 Å². The third kappa shape index (κ3) is 19.9. The van der Waals surface area contributed by atoms with E-state index in [2.05, 4.69) is 0 Å². The molecule has 0 amide bonds. The third-order valence-corrected chi connectivity index (χ3v) is 20.9. The summed E-state index contributed by atoms with van der Waals surface area (Å²) in [5.41, 5.74) is 0.103. The molecule has 14 bridgehead atoms. The zero-order chi connectivity index (χ0) is 78.8. The van der Waals surface area contributed by atoms with Crippen LogP contribution in [0.5, 0.6) is 0 Å². The number of hydrogen-bond acceptors (Lipinski definition) is 38. The smallest absolute Gasteiger partial charge is 0.338 e. The predicted octanol–water partition coefficient (Wildman–Crippen LogP) is -0.497. The zero-order valence-corrected chi connectivity index (χ0v) is 66.0. The normalized spacial score (nSPS) is 42.4. The number of rotatable bonds is 30. The van der Waals surface area contributed by atoms with Crippen LogP contribution in [0.2, 0.25) is 0 Å². The molecule has 38 nitrogen and oxygen atoms in total. The largest absolute Gasteiger partial charge is 0.465 e. The molecule has 21 fully saturated rings. The first-order chi connectivity index (χ1) is 53.0. The van der Waals surface area contributed by atoms with Gasteiger partial charge in [-0.25, -0.2) is 9.59 Å². The summed E-state index contributed by atoms with van der Waals surface area (Å²) in [5, 5.41) is 0. The van der Waals surface area contributed by atoms with E-state index in [4.69, 9.17) is 171 Å². The van der Waals surface area contributed by atoms with Crippen LogP contribution in [-0.2, 0) is 171 Å². The summed E-state index contributed by atoms with van der Waals surface area (Å²) in [4.78, 5) is 27.0. The van der Waals surface area contributed by atoms with E-state index in [1.54, 1.807) is 0 Å². The van der Waals surface area contributed by atoms with Gasteiger partial charge in [0.1, 0.15) is 178 Å². The van der Waals surface area contributed by atoms with E-state index >= 15 is 0 Å². The maximum Gasteiger partial charge on any atom is 0.338 e. The van der Waals surface area contributed by atoms with Crippen LogP contribution in [0.3, 0.4) is 0 Å². The maximum atomic E-state index is 14.3. The fourth-order valence-corrected chi connectivity index (χ4v) is 15.8. The van der Waals surface area contributed by atoms with Gasteiger partial charge in [0.2, 0.25) is 0 Å². The molecule has 35 atom stereocenters. The summed E-state index contributed by atoms with van der Waals surface area (Å²) in [6, 6.07) is 5.81. The van der Waals surface area contributed by atoms with E-state index in [9.17, 15) is 9.59 Å². The van der Waals surface area contributed by atoms with Crippen LogP contribution in [-0.4, -0.2) is 422 Å². The summed E-state index contributed by atoms with van der Waals surface area (Å²) in [6.07, 6.45) is -39.5. The molecule has 1 aromatic carbocycles. The Labute approximate surface area is 636 Å². The molecule has 21 aliphatic rings. The van der Waals surface area contributed by atoms with Gasteiger partial charge < -0.3 is 171 Å².